The molecule has 2 nitrogen and oxygen atoms in total. The standard InChI is InChI=1S/C13H19NO/c1-10-2-4-11(5-3-10)9-14-12-6-7-13(15)8-12/h2-5,12-15H,6-9H2,1H3. The van der Waals surface area contributed by atoms with Gasteiger partial charge in [0.25, 0.3) is 0 Å². The molecular formula is C13H19NO. The van der Waals surface area contributed by atoms with E-state index in [2.05, 4.69) is 36.5 Å². The van der Waals surface area contributed by atoms with Crippen LogP contribution in [0.5, 0.6) is 0 Å². The van der Waals surface area contributed by atoms with Crippen molar-refractivity contribution < 1.29 is 5.11 Å². The summed E-state index contributed by atoms with van der Waals surface area (Å²) in [6.07, 6.45) is 2.88. The van der Waals surface area contributed by atoms with Gasteiger partial charge in [-0.05, 0) is 31.7 Å². The van der Waals surface area contributed by atoms with Crippen LogP contribution in [-0.4, -0.2) is 17.3 Å². The van der Waals surface area contributed by atoms with E-state index in [4.69, 9.17) is 0 Å². The molecule has 0 heterocycles. The molecule has 0 amide bonds. The first kappa shape index (κ1) is 10.7. The normalized spacial score (nSPS) is 25.7. The molecule has 2 atom stereocenters. The Labute approximate surface area is 91.3 Å². The van der Waals surface area contributed by atoms with Crippen molar-refractivity contribution in [3.63, 3.8) is 0 Å². The molecule has 1 saturated carbocycles. The van der Waals surface area contributed by atoms with Gasteiger partial charge in [0, 0.05) is 12.6 Å². The zero-order valence-corrected chi connectivity index (χ0v) is 9.24. The van der Waals surface area contributed by atoms with E-state index in [1.165, 1.54) is 11.1 Å². The highest BCUT2D eigenvalue weighted by atomic mass is 16.3. The summed E-state index contributed by atoms with van der Waals surface area (Å²) in [6.45, 7) is 3.02. The fourth-order valence-corrected chi connectivity index (χ4v) is 2.11. The maximum absolute atomic E-state index is 9.39. The molecule has 0 aliphatic heterocycles. The van der Waals surface area contributed by atoms with Gasteiger partial charge in [0.15, 0.2) is 0 Å². The smallest absolute Gasteiger partial charge is 0.0555 e. The van der Waals surface area contributed by atoms with E-state index in [0.717, 1.165) is 25.8 Å². The van der Waals surface area contributed by atoms with E-state index < -0.39 is 0 Å². The predicted octanol–water partition coefficient (Wildman–Crippen LogP) is 2.00. The molecule has 1 aliphatic rings. The summed E-state index contributed by atoms with van der Waals surface area (Å²) < 4.78 is 0. The van der Waals surface area contributed by atoms with Crippen molar-refractivity contribution in [2.24, 2.45) is 0 Å². The summed E-state index contributed by atoms with van der Waals surface area (Å²) in [7, 11) is 0. The van der Waals surface area contributed by atoms with Crippen LogP contribution in [0.4, 0.5) is 0 Å². The molecule has 1 aliphatic carbocycles. The highest BCUT2D eigenvalue weighted by Gasteiger charge is 2.21. The SMILES string of the molecule is Cc1ccc(CNC2CCC(O)C2)cc1. The summed E-state index contributed by atoms with van der Waals surface area (Å²) in [6, 6.07) is 9.10. The van der Waals surface area contributed by atoms with Gasteiger partial charge in [0.05, 0.1) is 6.10 Å². The molecule has 2 unspecified atom stereocenters. The number of aliphatic hydroxyl groups is 1. The van der Waals surface area contributed by atoms with Crippen molar-refractivity contribution in [3.05, 3.63) is 35.4 Å². The lowest BCUT2D eigenvalue weighted by molar-refractivity contribution is 0.179. The third-order valence-electron chi connectivity index (χ3n) is 3.12. The number of nitrogens with one attached hydrogen (secondary N) is 1. The van der Waals surface area contributed by atoms with Gasteiger partial charge in [-0.1, -0.05) is 29.8 Å². The van der Waals surface area contributed by atoms with Gasteiger partial charge in [-0.2, -0.15) is 0 Å². The second kappa shape index (κ2) is 4.77. The number of benzene rings is 1. The molecule has 15 heavy (non-hydrogen) atoms. The largest absolute Gasteiger partial charge is 0.393 e. The molecule has 2 rings (SSSR count). The molecular weight excluding hydrogens is 186 g/mol. The highest BCUT2D eigenvalue weighted by molar-refractivity contribution is 5.21. The fourth-order valence-electron chi connectivity index (χ4n) is 2.11. The van der Waals surface area contributed by atoms with Crippen LogP contribution in [0, 0.1) is 6.92 Å². The molecule has 1 aromatic carbocycles. The van der Waals surface area contributed by atoms with E-state index in [0.29, 0.717) is 6.04 Å². The minimum Gasteiger partial charge on any atom is -0.393 e. The quantitative estimate of drug-likeness (QED) is 0.791. The summed E-state index contributed by atoms with van der Waals surface area (Å²) in [5, 5.41) is 12.9. The summed E-state index contributed by atoms with van der Waals surface area (Å²) in [5.41, 5.74) is 2.62. The first-order valence-corrected chi connectivity index (χ1v) is 5.71. The van der Waals surface area contributed by atoms with Crippen LogP contribution >= 0.6 is 0 Å². The molecule has 0 aromatic heterocycles. The minimum atomic E-state index is -0.0829. The molecule has 0 spiro atoms. The van der Waals surface area contributed by atoms with E-state index >= 15 is 0 Å². The molecule has 2 N–H and O–H groups in total. The van der Waals surface area contributed by atoms with Gasteiger partial charge in [-0.15, -0.1) is 0 Å². The van der Waals surface area contributed by atoms with Gasteiger partial charge in [-0.25, -0.2) is 0 Å². The number of hydrogen-bond donors (Lipinski definition) is 2. The molecule has 82 valence electrons. The molecule has 0 saturated heterocycles. The first-order valence-electron chi connectivity index (χ1n) is 5.71. The van der Waals surface area contributed by atoms with Crippen molar-refractivity contribution >= 4 is 0 Å². The summed E-state index contributed by atoms with van der Waals surface area (Å²) in [4.78, 5) is 0. The third kappa shape index (κ3) is 3.05. The molecule has 2 heteroatoms. The summed E-state index contributed by atoms with van der Waals surface area (Å²) in [5.74, 6) is 0. The van der Waals surface area contributed by atoms with E-state index in [1.54, 1.807) is 0 Å². The zero-order chi connectivity index (χ0) is 10.7. The predicted molar refractivity (Wildman–Crippen MR) is 61.7 cm³/mol. The second-order valence-electron chi connectivity index (χ2n) is 4.53. The monoisotopic (exact) mass is 205 g/mol. The van der Waals surface area contributed by atoms with Crippen LogP contribution in [0.1, 0.15) is 30.4 Å². The Morgan fingerprint density at radius 1 is 1.27 bits per heavy atom. The number of aliphatic hydroxyl groups excluding tert-OH is 1. The zero-order valence-electron chi connectivity index (χ0n) is 9.24. The van der Waals surface area contributed by atoms with E-state index in [-0.39, 0.29) is 6.10 Å². The maximum Gasteiger partial charge on any atom is 0.0555 e. The van der Waals surface area contributed by atoms with E-state index in [9.17, 15) is 5.11 Å². The molecule has 0 bridgehead atoms. The lowest BCUT2D eigenvalue weighted by Crippen LogP contribution is -2.26. The fraction of sp³-hybridized carbons (Fsp3) is 0.538. The highest BCUT2D eigenvalue weighted by Crippen LogP contribution is 2.19. The van der Waals surface area contributed by atoms with Crippen LogP contribution < -0.4 is 5.32 Å². The van der Waals surface area contributed by atoms with Crippen LogP contribution in [-0.2, 0) is 6.54 Å². The van der Waals surface area contributed by atoms with Crippen LogP contribution in [0.15, 0.2) is 24.3 Å². The minimum absolute atomic E-state index is 0.0829. The van der Waals surface area contributed by atoms with Crippen molar-refractivity contribution in [2.75, 3.05) is 0 Å². The molecule has 1 aromatic rings. The van der Waals surface area contributed by atoms with Crippen LogP contribution in [0.25, 0.3) is 0 Å². The maximum atomic E-state index is 9.39. The molecule has 0 radical (unpaired) electrons. The number of hydrogen-bond acceptors (Lipinski definition) is 2. The Hall–Kier alpha value is -0.860. The van der Waals surface area contributed by atoms with Crippen molar-refractivity contribution in [3.8, 4) is 0 Å². The van der Waals surface area contributed by atoms with Crippen molar-refractivity contribution in [1.82, 2.24) is 5.32 Å². The van der Waals surface area contributed by atoms with Crippen LogP contribution in [0.2, 0.25) is 0 Å². The number of aryl methyl sites for hydroxylation is 1. The lowest BCUT2D eigenvalue weighted by atomic mass is 10.1. The Morgan fingerprint density at radius 2 is 2.00 bits per heavy atom. The lowest BCUT2D eigenvalue weighted by Gasteiger charge is -2.11. The average Bonchev–Trinajstić information content (AvgIpc) is 2.64. The van der Waals surface area contributed by atoms with Crippen LogP contribution in [0.3, 0.4) is 0 Å². The van der Waals surface area contributed by atoms with Gasteiger partial charge in [0.1, 0.15) is 0 Å². The molecule has 1 fully saturated rings. The average molecular weight is 205 g/mol. The van der Waals surface area contributed by atoms with Gasteiger partial charge in [0.2, 0.25) is 0 Å². The Bertz CT molecular complexity index is 307. The van der Waals surface area contributed by atoms with E-state index in [1.807, 2.05) is 0 Å². The third-order valence-corrected chi connectivity index (χ3v) is 3.12. The Morgan fingerprint density at radius 3 is 2.60 bits per heavy atom. The number of rotatable bonds is 3. The first-order chi connectivity index (χ1) is 7.24. The Kier molecular flexibility index (Phi) is 3.39. The topological polar surface area (TPSA) is 32.3 Å². The van der Waals surface area contributed by atoms with Gasteiger partial charge < -0.3 is 10.4 Å². The Balaban J connectivity index is 1.80. The second-order valence-corrected chi connectivity index (χ2v) is 4.53. The van der Waals surface area contributed by atoms with Crippen molar-refractivity contribution in [1.29, 1.82) is 0 Å². The van der Waals surface area contributed by atoms with Gasteiger partial charge in [-0.3, -0.25) is 0 Å². The van der Waals surface area contributed by atoms with Crippen molar-refractivity contribution in [2.45, 2.75) is 44.9 Å². The van der Waals surface area contributed by atoms with Gasteiger partial charge >= 0.3 is 0 Å². The summed E-state index contributed by atoms with van der Waals surface area (Å²) >= 11 is 0.